The van der Waals surface area contributed by atoms with Crippen LogP contribution in [0.3, 0.4) is 0 Å². The van der Waals surface area contributed by atoms with Crippen molar-refractivity contribution < 1.29 is 44.5 Å². The van der Waals surface area contributed by atoms with Gasteiger partial charge in [-0.1, -0.05) is 36.4 Å². The van der Waals surface area contributed by atoms with Gasteiger partial charge in [-0.15, -0.1) is 12.8 Å². The van der Waals surface area contributed by atoms with Crippen molar-refractivity contribution in [3.05, 3.63) is 138 Å². The molecule has 0 saturated carbocycles. The highest BCUT2D eigenvalue weighted by molar-refractivity contribution is 5.91. The zero-order valence-electron chi connectivity index (χ0n) is 55.7. The van der Waals surface area contributed by atoms with Gasteiger partial charge in [0.15, 0.2) is 0 Å². The molecule has 0 radical (unpaired) electrons. The van der Waals surface area contributed by atoms with Gasteiger partial charge in [0.25, 0.3) is 0 Å². The summed E-state index contributed by atoms with van der Waals surface area (Å²) in [6.45, 7) is 8.12. The van der Waals surface area contributed by atoms with Gasteiger partial charge in [0.05, 0.1) is 5.69 Å². The van der Waals surface area contributed by atoms with Crippen molar-refractivity contribution in [2.45, 2.75) is 123 Å². The van der Waals surface area contributed by atoms with E-state index in [0.717, 1.165) is 23.5 Å². The summed E-state index contributed by atoms with van der Waals surface area (Å²) in [5.74, 6) is 3.07. The van der Waals surface area contributed by atoms with Crippen LogP contribution in [0.15, 0.2) is 109 Å². The average Bonchev–Trinajstić information content (AvgIpc) is 1.12. The van der Waals surface area contributed by atoms with Crippen molar-refractivity contribution in [3.8, 4) is 12.8 Å². The molecule has 6 aromatic rings. The Kier molecular flexibility index (Phi) is 44.7. The van der Waals surface area contributed by atoms with Gasteiger partial charge in [-0.2, -0.15) is 0 Å². The first-order valence-corrected chi connectivity index (χ1v) is 30.5. The van der Waals surface area contributed by atoms with Gasteiger partial charge in [0.1, 0.15) is 76.6 Å². The Hall–Kier alpha value is -10.2. The molecule has 0 aliphatic heterocycles. The van der Waals surface area contributed by atoms with Crippen molar-refractivity contribution >= 4 is 87.5 Å². The van der Waals surface area contributed by atoms with Crippen molar-refractivity contribution in [3.63, 3.8) is 0 Å². The third-order valence-electron chi connectivity index (χ3n) is 11.5. The van der Waals surface area contributed by atoms with E-state index in [1.54, 1.807) is 106 Å². The molecule has 29 heteroatoms. The molecule has 0 aromatic carbocycles. The maximum absolute atomic E-state index is 11.7. The number of amides is 3. The van der Waals surface area contributed by atoms with Crippen LogP contribution in [-0.4, -0.2) is 128 Å². The standard InChI is InChI=1S/C15H23N3O2.C13H20N4O3.C13H19N3O2.C10H15N3O.C8H12N4O.C5H7N3.C2H2/c16-8-2-6-14(19)10-12-4-1-5-13(18-12)11-15(20)7-3-9-17;1-13(2,3)20-12(19)15-8-7-11(18)17-10-6-4-5-9(14)16-10;14-6-4-12(17)8-10-2-1-3-11(16-10)9-13(18)5-7-15;11-6-2-4-9(14)7-8-3-1-5-10(12)13-8;9-5-4-8(13)12-7-3-1-2-6(10)11-7;6-4-2-1-3-5(7)8-4;1-2/h1,4-5H,2-3,6-11,16-17H2;4-6H,7-8H2,1-3H3,(H,15,19)(H3,14,16,17,18);1-3H,4-9,14-15H2;1,3,5H,2,4,6-7,11H2,(H2,12,13);1-3H,4-5,9H2,(H3,10,11,12,13);1-3H,(H4,6,7,8);1-2H/i;;;;;;1D. The van der Waals surface area contributed by atoms with E-state index in [1.165, 1.54) is 6.40 Å². The number of hydrogen-bond donors (Lipinski definition) is 14. The molecular weight excluding hydrogens is 1220 g/mol. The molecule has 6 aromatic heterocycles. The Morgan fingerprint density at radius 3 is 0.979 bits per heavy atom. The van der Waals surface area contributed by atoms with Gasteiger partial charge in [-0.25, -0.2) is 24.7 Å². The molecule has 3 amide bonds. The maximum atomic E-state index is 11.7. The number of alkyl carbamates (subject to hydrolysis) is 1. The highest BCUT2D eigenvalue weighted by Gasteiger charge is 2.16. The molecule has 0 saturated heterocycles. The third kappa shape index (κ3) is 46.5. The number of nitrogens with zero attached hydrogens (tertiary/aromatic N) is 6. The van der Waals surface area contributed by atoms with E-state index < -0.39 is 11.7 Å². The molecule has 516 valence electrons. The number of aromatic nitrogens is 6. The van der Waals surface area contributed by atoms with Gasteiger partial charge in [0.2, 0.25) is 11.8 Å². The van der Waals surface area contributed by atoms with Crippen LogP contribution in [0.1, 0.15) is 115 Å². The number of carbonyl (C=O) groups is 8. The van der Waals surface area contributed by atoms with Crippen LogP contribution in [0.4, 0.5) is 45.5 Å². The number of pyridine rings is 6. The number of hydrogen-bond acceptors (Lipinski definition) is 26. The first kappa shape index (κ1) is 82.8. The van der Waals surface area contributed by atoms with E-state index >= 15 is 0 Å². The second kappa shape index (κ2) is 51.3. The third-order valence-corrected chi connectivity index (χ3v) is 11.5. The molecule has 0 bridgehead atoms. The van der Waals surface area contributed by atoms with E-state index in [-0.39, 0.29) is 73.0 Å². The summed E-state index contributed by atoms with van der Waals surface area (Å²) >= 11 is 0. The van der Waals surface area contributed by atoms with Crippen molar-refractivity contribution in [2.75, 3.05) is 85.1 Å². The first-order chi connectivity index (χ1) is 45.7. The number of nitrogen functional groups attached to an aromatic ring is 5. The highest BCUT2D eigenvalue weighted by Crippen LogP contribution is 2.11. The molecule has 0 aliphatic rings. The van der Waals surface area contributed by atoms with E-state index in [2.05, 4.69) is 52.3 Å². The van der Waals surface area contributed by atoms with Crippen LogP contribution in [0.5, 0.6) is 0 Å². The van der Waals surface area contributed by atoms with E-state index in [4.69, 9.17) is 69.2 Å². The van der Waals surface area contributed by atoms with Crippen molar-refractivity contribution in [2.24, 2.45) is 34.4 Å². The maximum Gasteiger partial charge on any atom is 0.407 e. The topological polar surface area (TPSA) is 545 Å². The lowest BCUT2D eigenvalue weighted by Crippen LogP contribution is -2.34. The molecule has 29 nitrogen and oxygen atoms in total. The molecule has 6 heterocycles. The average molecular weight is 1320 g/mol. The Bertz CT molecular complexity index is 3240. The van der Waals surface area contributed by atoms with Gasteiger partial charge < -0.3 is 83.8 Å². The quantitative estimate of drug-likeness (QED) is 0.0288. The molecule has 0 atom stereocenters. The predicted octanol–water partition coefficient (Wildman–Crippen LogP) is 3.26. The smallest absolute Gasteiger partial charge is 0.407 e. The van der Waals surface area contributed by atoms with Crippen LogP contribution in [0.2, 0.25) is 0 Å². The number of carbonyl (C=O) groups excluding carboxylic acids is 8. The Morgan fingerprint density at radius 2 is 0.684 bits per heavy atom. The minimum Gasteiger partial charge on any atom is -0.444 e. The monoisotopic (exact) mass is 1320 g/mol. The van der Waals surface area contributed by atoms with Crippen LogP contribution in [-0.2, 0) is 70.4 Å². The van der Waals surface area contributed by atoms with Crippen LogP contribution in [0.25, 0.3) is 0 Å². The fraction of sp³-hybridized carbons (Fsp3) is 0.394. The Labute approximate surface area is 557 Å². The predicted molar refractivity (Wildman–Crippen MR) is 373 cm³/mol. The van der Waals surface area contributed by atoms with Gasteiger partial charge >= 0.3 is 6.09 Å². The van der Waals surface area contributed by atoms with Crippen molar-refractivity contribution in [1.29, 1.82) is 0 Å². The fourth-order valence-corrected chi connectivity index (χ4v) is 7.37. The van der Waals surface area contributed by atoms with E-state index in [9.17, 15) is 38.4 Å². The minimum absolute atomic E-state index is 0.0652. The normalized spacial score (nSPS) is 10.1. The molecule has 95 heavy (non-hydrogen) atoms. The lowest BCUT2D eigenvalue weighted by molar-refractivity contribution is -0.119. The summed E-state index contributed by atoms with van der Waals surface area (Å²) in [5.41, 5.74) is 61.8. The highest BCUT2D eigenvalue weighted by atomic mass is 16.6. The summed E-state index contributed by atoms with van der Waals surface area (Å²) < 4.78 is 10.8. The summed E-state index contributed by atoms with van der Waals surface area (Å²) in [6, 6.07) is 31.3. The lowest BCUT2D eigenvalue weighted by atomic mass is 10.1. The van der Waals surface area contributed by atoms with Crippen LogP contribution < -0.4 is 79.0 Å². The number of terminal acetylenes is 1. The second-order valence-electron chi connectivity index (χ2n) is 21.3. The van der Waals surface area contributed by atoms with Crippen molar-refractivity contribution in [1.82, 2.24) is 35.2 Å². The van der Waals surface area contributed by atoms with Crippen LogP contribution in [0, 0.1) is 12.8 Å². The van der Waals surface area contributed by atoms with Gasteiger partial charge in [0, 0.05) is 113 Å². The zero-order chi connectivity index (χ0) is 72.1. The number of Topliss-reactive ketones (excluding diaryl/α,β-unsaturated/α-hetero) is 5. The summed E-state index contributed by atoms with van der Waals surface area (Å²) in [4.78, 5) is 116. The molecule has 0 fully saturated rings. The summed E-state index contributed by atoms with van der Waals surface area (Å²) in [7, 11) is 0. The first-order valence-electron chi connectivity index (χ1n) is 31.0. The summed E-state index contributed by atoms with van der Waals surface area (Å²) in [5, 5.41) is 7.66. The molecule has 0 unspecified atom stereocenters. The molecular formula is C66H98N20O9. The summed E-state index contributed by atoms with van der Waals surface area (Å²) in [6.07, 6.45) is 11.5. The Balaban J connectivity index is 0.00000114. The SMILES string of the molecule is CC(C)(C)OC(=O)NCCC(=O)Nc1cccc(N)n1.NCCC(=O)Cc1cccc(CC(=O)CCN)n1.NCCC(=O)Nc1cccc(N)n1.NCCCC(=O)Cc1cccc(CC(=O)CCCN)n1.NCCCC(=O)Cc1cccc(N)n1.Nc1cccc(N)n1.[2H]C#C. The number of ketones is 5. The molecule has 0 aliphatic carbocycles. The van der Waals surface area contributed by atoms with E-state index in [1.807, 2.05) is 24.3 Å². The molecule has 6 rings (SSSR count). The Morgan fingerprint density at radius 1 is 0.400 bits per heavy atom. The number of anilines is 7. The number of nitrogens with two attached hydrogens (primary N) is 11. The molecule has 0 spiro atoms. The molecule has 25 N–H and O–H groups in total. The van der Waals surface area contributed by atoms with Gasteiger partial charge in [-0.3, -0.25) is 43.5 Å². The second-order valence-corrected chi connectivity index (χ2v) is 21.3. The largest absolute Gasteiger partial charge is 0.444 e. The van der Waals surface area contributed by atoms with E-state index in [0.29, 0.717) is 156 Å². The fourth-order valence-electron chi connectivity index (χ4n) is 7.37. The minimum atomic E-state index is -0.558. The lowest BCUT2D eigenvalue weighted by Gasteiger charge is -2.19. The zero-order valence-corrected chi connectivity index (χ0v) is 54.7. The number of rotatable bonds is 30. The van der Waals surface area contributed by atoms with Crippen LogP contribution >= 0.6 is 0 Å². The van der Waals surface area contributed by atoms with Gasteiger partial charge in [-0.05, 0) is 146 Å². The number of ether oxygens (including phenoxy) is 1. The number of nitrogens with one attached hydrogen (secondary N) is 3.